The lowest BCUT2D eigenvalue weighted by Gasteiger charge is -2.55. The first-order valence-electron chi connectivity index (χ1n) is 22.8. The van der Waals surface area contributed by atoms with Crippen molar-refractivity contribution in [1.29, 1.82) is 0 Å². The van der Waals surface area contributed by atoms with E-state index in [0.29, 0.717) is 12.3 Å². The number of halogens is 1. The molecular formula is C51H75ClO11Si. The van der Waals surface area contributed by atoms with Gasteiger partial charge in [-0.3, -0.25) is 4.79 Å². The molecule has 5 rings (SSSR count). The summed E-state index contributed by atoms with van der Waals surface area (Å²) in [6.45, 7) is 18.1. The summed E-state index contributed by atoms with van der Waals surface area (Å²) in [6.07, 6.45) is -0.798. The van der Waals surface area contributed by atoms with Gasteiger partial charge in [0.05, 0.1) is 71.7 Å². The number of hydrogen-bond donors (Lipinski definition) is 0. The van der Waals surface area contributed by atoms with Gasteiger partial charge in [0.25, 0.3) is 0 Å². The SMILES string of the molecule is COc1ccc(CO[C@@H]2[C@@H](C)[C@H]([C@H](OCc3ccc(OC)cc3)[C@@]3(OC)C[C@H](O[Si](C)(C)C(C)(C)C)[C@@H](C)[C@@H](CCCCCl)O3)O[C@H](CC(C)=O)[C@H]2OCc2ccc(OC)cc2)cc1. The van der Waals surface area contributed by atoms with Gasteiger partial charge in [-0.2, -0.15) is 0 Å². The van der Waals surface area contributed by atoms with Crippen LogP contribution in [0.3, 0.4) is 0 Å². The fourth-order valence-corrected chi connectivity index (χ4v) is 10.2. The first-order chi connectivity index (χ1) is 30.5. The summed E-state index contributed by atoms with van der Waals surface area (Å²) in [7, 11) is 4.34. The Morgan fingerprint density at radius 3 is 1.70 bits per heavy atom. The lowest BCUT2D eigenvalue weighted by Crippen LogP contribution is -2.67. The van der Waals surface area contributed by atoms with E-state index < -0.39 is 44.6 Å². The van der Waals surface area contributed by atoms with Gasteiger partial charge in [0, 0.05) is 37.7 Å². The highest BCUT2D eigenvalue weighted by Crippen LogP contribution is 2.48. The van der Waals surface area contributed by atoms with Crippen LogP contribution >= 0.6 is 11.6 Å². The van der Waals surface area contributed by atoms with Crippen molar-refractivity contribution in [3.05, 3.63) is 89.5 Å². The van der Waals surface area contributed by atoms with Gasteiger partial charge in [0.2, 0.25) is 0 Å². The molecule has 0 aliphatic carbocycles. The van der Waals surface area contributed by atoms with Crippen LogP contribution in [0.5, 0.6) is 17.2 Å². The molecule has 2 fully saturated rings. The Kier molecular flexibility index (Phi) is 19.2. The first-order valence-corrected chi connectivity index (χ1v) is 26.3. The zero-order chi connectivity index (χ0) is 46.7. The predicted molar refractivity (Wildman–Crippen MR) is 253 cm³/mol. The molecule has 2 aliphatic heterocycles. The quantitative estimate of drug-likeness (QED) is 0.0515. The van der Waals surface area contributed by atoms with Crippen LogP contribution in [0.4, 0.5) is 0 Å². The number of ether oxygens (including phenoxy) is 9. The molecule has 0 amide bonds. The van der Waals surface area contributed by atoms with E-state index in [1.54, 1.807) is 35.4 Å². The second kappa shape index (κ2) is 23.6. The van der Waals surface area contributed by atoms with Crippen molar-refractivity contribution >= 4 is 25.7 Å². The second-order valence-corrected chi connectivity index (χ2v) is 24.2. The molecule has 11 nitrogen and oxygen atoms in total. The zero-order valence-corrected chi connectivity index (χ0v) is 42.1. The number of carbonyl (C=O) groups is 1. The summed E-state index contributed by atoms with van der Waals surface area (Å²) in [5.74, 6) is 1.17. The summed E-state index contributed by atoms with van der Waals surface area (Å²) >= 11 is 6.23. The number of methoxy groups -OCH3 is 4. The van der Waals surface area contributed by atoms with Crippen molar-refractivity contribution in [2.24, 2.45) is 11.8 Å². The highest BCUT2D eigenvalue weighted by atomic mass is 35.5. The summed E-state index contributed by atoms with van der Waals surface area (Å²) < 4.78 is 66.0. The monoisotopic (exact) mass is 926 g/mol. The third-order valence-corrected chi connectivity index (χ3v) is 18.3. The van der Waals surface area contributed by atoms with Crippen LogP contribution in [0.1, 0.15) is 90.3 Å². The van der Waals surface area contributed by atoms with Gasteiger partial charge >= 0.3 is 0 Å². The zero-order valence-electron chi connectivity index (χ0n) is 40.4. The molecule has 3 aromatic rings. The van der Waals surface area contributed by atoms with Gasteiger partial charge < -0.3 is 47.1 Å². The molecule has 2 heterocycles. The molecule has 3 aromatic carbocycles. The summed E-state index contributed by atoms with van der Waals surface area (Å²) in [5.41, 5.74) is 2.84. The third-order valence-electron chi connectivity index (χ3n) is 13.6. The highest BCUT2D eigenvalue weighted by molar-refractivity contribution is 6.74. The molecule has 0 saturated carbocycles. The summed E-state index contributed by atoms with van der Waals surface area (Å²) in [6, 6.07) is 23.4. The van der Waals surface area contributed by atoms with E-state index in [1.807, 2.05) is 72.8 Å². The van der Waals surface area contributed by atoms with Crippen LogP contribution in [0.25, 0.3) is 0 Å². The highest BCUT2D eigenvalue weighted by Gasteiger charge is 2.59. The van der Waals surface area contributed by atoms with Gasteiger partial charge in [0.15, 0.2) is 14.1 Å². The minimum Gasteiger partial charge on any atom is -0.497 e. The number of unbranched alkanes of at least 4 members (excludes halogenated alkanes) is 1. The number of alkyl halides is 1. The molecular weight excluding hydrogens is 852 g/mol. The van der Waals surface area contributed by atoms with Gasteiger partial charge in [-0.05, 0) is 97.4 Å². The average molecular weight is 928 g/mol. The molecule has 0 bridgehead atoms. The number of ketones is 1. The first kappa shape index (κ1) is 51.9. The summed E-state index contributed by atoms with van der Waals surface area (Å²) in [5, 5.41) is -0.0324. The fraction of sp³-hybridized carbons (Fsp3) is 0.627. The Labute approximate surface area is 389 Å². The Morgan fingerprint density at radius 1 is 0.750 bits per heavy atom. The molecule has 0 aromatic heterocycles. The van der Waals surface area contributed by atoms with Crippen molar-refractivity contribution in [2.45, 2.75) is 160 Å². The van der Waals surface area contributed by atoms with Gasteiger partial charge in [-0.25, -0.2) is 0 Å². The van der Waals surface area contributed by atoms with Crippen LogP contribution in [-0.4, -0.2) is 96.9 Å². The molecule has 64 heavy (non-hydrogen) atoms. The van der Waals surface area contributed by atoms with Crippen molar-refractivity contribution < 1.29 is 51.9 Å². The molecule has 0 N–H and O–H groups in total. The van der Waals surface area contributed by atoms with Crippen molar-refractivity contribution in [3.8, 4) is 17.2 Å². The molecule has 0 radical (unpaired) electrons. The largest absolute Gasteiger partial charge is 0.497 e. The summed E-state index contributed by atoms with van der Waals surface area (Å²) in [4.78, 5) is 13.2. The standard InChI is InChI=1S/C51H75ClO11Si/c1-34(53)29-44-48(59-32-38-18-24-41(55-8)25-19-38)46(58-31-37-16-22-40(54-7)23-17-37)36(3)47(61-44)49(60-33-39-20-26-42(56-9)27-21-39)51(57-10)30-45(63-64(11,12)50(4,5)6)35(2)43(62-51)15-13-14-28-52/h16-27,35-36,43-49H,13-15,28-33H2,1-12H3/t35-,36+,43+,44+,45-,46+,47+,48+,49-,51+/m0/s1. The van der Waals surface area contributed by atoms with E-state index in [2.05, 4.69) is 47.7 Å². The Balaban J connectivity index is 1.61. The topological polar surface area (TPSA) is 109 Å². The minimum absolute atomic E-state index is 0.0324. The van der Waals surface area contributed by atoms with Gasteiger partial charge in [0.1, 0.15) is 35.2 Å². The number of benzene rings is 3. The van der Waals surface area contributed by atoms with Crippen LogP contribution in [0, 0.1) is 11.8 Å². The van der Waals surface area contributed by atoms with E-state index in [9.17, 15) is 4.79 Å². The maximum Gasteiger partial charge on any atom is 0.199 e. The molecule has 0 spiro atoms. The number of carbonyl (C=O) groups excluding carboxylic acids is 1. The predicted octanol–water partition coefficient (Wildman–Crippen LogP) is 10.7. The maximum absolute atomic E-state index is 13.2. The lowest BCUT2D eigenvalue weighted by atomic mass is 9.78. The van der Waals surface area contributed by atoms with Crippen molar-refractivity contribution in [3.63, 3.8) is 0 Å². The molecule has 2 saturated heterocycles. The number of Topliss-reactive ketones (excluding diaryl/α,β-unsaturated/α-hetero) is 1. The van der Waals surface area contributed by atoms with E-state index in [0.717, 1.165) is 53.2 Å². The van der Waals surface area contributed by atoms with Gasteiger partial charge in [-0.15, -0.1) is 11.6 Å². The van der Waals surface area contributed by atoms with Crippen molar-refractivity contribution in [2.75, 3.05) is 34.3 Å². The molecule has 0 unspecified atom stereocenters. The van der Waals surface area contributed by atoms with E-state index >= 15 is 0 Å². The Bertz CT molecular complexity index is 1850. The Morgan fingerprint density at radius 2 is 1.25 bits per heavy atom. The smallest absolute Gasteiger partial charge is 0.199 e. The van der Waals surface area contributed by atoms with Crippen LogP contribution < -0.4 is 14.2 Å². The molecule has 356 valence electrons. The molecule has 2 aliphatic rings. The minimum atomic E-state index is -2.29. The molecule has 13 heteroatoms. The Hall–Kier alpha value is -3.04. The lowest BCUT2D eigenvalue weighted by molar-refractivity contribution is -0.367. The normalized spacial score (nSPS) is 26.9. The van der Waals surface area contributed by atoms with Crippen LogP contribution in [0.2, 0.25) is 18.1 Å². The van der Waals surface area contributed by atoms with E-state index in [-0.39, 0.29) is 61.1 Å². The fourth-order valence-electron chi connectivity index (χ4n) is 8.57. The number of rotatable bonds is 23. The van der Waals surface area contributed by atoms with Crippen molar-refractivity contribution in [1.82, 2.24) is 0 Å². The maximum atomic E-state index is 13.2. The third kappa shape index (κ3) is 13.3. The van der Waals surface area contributed by atoms with Crippen LogP contribution in [0.15, 0.2) is 72.8 Å². The van der Waals surface area contributed by atoms with E-state index in [4.69, 9.17) is 58.7 Å². The number of hydrogen-bond acceptors (Lipinski definition) is 11. The van der Waals surface area contributed by atoms with Crippen LogP contribution in [-0.2, 0) is 57.5 Å². The van der Waals surface area contributed by atoms with Gasteiger partial charge in [-0.1, -0.05) is 71.0 Å². The average Bonchev–Trinajstić information content (AvgIpc) is 3.27. The second-order valence-electron chi connectivity index (χ2n) is 19.1. The molecule has 10 atom stereocenters. The van der Waals surface area contributed by atoms with E-state index in [1.165, 1.54) is 0 Å².